The van der Waals surface area contributed by atoms with Crippen LogP contribution >= 0.6 is 0 Å². The average Bonchev–Trinajstić information content (AvgIpc) is 2.57. The van der Waals surface area contributed by atoms with Gasteiger partial charge in [-0.2, -0.15) is 0 Å². The monoisotopic (exact) mass is 409 g/mol. The minimum atomic E-state index is -1.35. The van der Waals surface area contributed by atoms with Crippen LogP contribution in [0.3, 0.4) is 0 Å². The zero-order valence-corrected chi connectivity index (χ0v) is 19.1. The molecule has 1 aromatic rings. The van der Waals surface area contributed by atoms with E-state index in [1.54, 1.807) is 67.7 Å². The summed E-state index contributed by atoms with van der Waals surface area (Å²) in [5.41, 5.74) is -1.95. The summed E-state index contributed by atoms with van der Waals surface area (Å²) in [4.78, 5) is 27.5. The van der Waals surface area contributed by atoms with E-state index in [4.69, 9.17) is 18.9 Å². The van der Waals surface area contributed by atoms with E-state index in [-0.39, 0.29) is 13.2 Å². The summed E-state index contributed by atoms with van der Waals surface area (Å²) in [5.74, 6) is 0.164. The number of rotatable bonds is 7. The largest absolute Gasteiger partial charge is 0.497 e. The zero-order valence-electron chi connectivity index (χ0n) is 19.1. The van der Waals surface area contributed by atoms with Gasteiger partial charge in [-0.1, -0.05) is 12.1 Å². The SMILES string of the molecule is COCN(C(=O)OC(C)(C)C)[C@@](C)(Cc1ccc(OC)cc1)C(=O)OC(C)(C)C. The molecule has 0 aliphatic rings. The lowest BCUT2D eigenvalue weighted by molar-refractivity contribution is -0.171. The van der Waals surface area contributed by atoms with Crippen molar-refractivity contribution in [3.63, 3.8) is 0 Å². The van der Waals surface area contributed by atoms with Crippen LogP contribution in [0.4, 0.5) is 4.79 Å². The lowest BCUT2D eigenvalue weighted by Crippen LogP contribution is -2.59. The van der Waals surface area contributed by atoms with Gasteiger partial charge in [-0.3, -0.25) is 4.90 Å². The van der Waals surface area contributed by atoms with Crippen molar-refractivity contribution in [3.05, 3.63) is 29.8 Å². The Morgan fingerprint density at radius 2 is 1.38 bits per heavy atom. The molecule has 1 atom stereocenters. The normalized spacial score (nSPS) is 14.0. The predicted molar refractivity (Wildman–Crippen MR) is 111 cm³/mol. The fourth-order valence-corrected chi connectivity index (χ4v) is 2.65. The average molecular weight is 410 g/mol. The number of benzene rings is 1. The first-order valence-electron chi connectivity index (χ1n) is 9.58. The zero-order chi connectivity index (χ0) is 22.5. The van der Waals surface area contributed by atoms with Crippen molar-refractivity contribution in [1.29, 1.82) is 0 Å². The number of carbonyl (C=O) groups is 2. The Balaban J connectivity index is 3.36. The molecule has 0 fully saturated rings. The van der Waals surface area contributed by atoms with Crippen molar-refractivity contribution >= 4 is 12.1 Å². The molecule has 0 aliphatic carbocycles. The predicted octanol–water partition coefficient (Wildman–Crippen LogP) is 4.18. The van der Waals surface area contributed by atoms with Crippen molar-refractivity contribution in [2.45, 2.75) is 71.6 Å². The van der Waals surface area contributed by atoms with E-state index in [1.165, 1.54) is 12.0 Å². The van der Waals surface area contributed by atoms with E-state index in [0.717, 1.165) is 5.56 Å². The van der Waals surface area contributed by atoms with E-state index in [9.17, 15) is 9.59 Å². The number of nitrogens with zero attached hydrogens (tertiary/aromatic N) is 1. The topological polar surface area (TPSA) is 74.3 Å². The molecule has 164 valence electrons. The van der Waals surface area contributed by atoms with E-state index < -0.39 is 28.8 Å². The maximum absolute atomic E-state index is 13.2. The second-order valence-corrected chi connectivity index (χ2v) is 9.13. The summed E-state index contributed by atoms with van der Waals surface area (Å²) in [6.45, 7) is 12.2. The van der Waals surface area contributed by atoms with E-state index >= 15 is 0 Å². The van der Waals surface area contributed by atoms with E-state index in [0.29, 0.717) is 5.75 Å². The summed E-state index contributed by atoms with van der Waals surface area (Å²) in [7, 11) is 3.04. The van der Waals surface area contributed by atoms with Crippen LogP contribution in [0.5, 0.6) is 5.75 Å². The van der Waals surface area contributed by atoms with Crippen LogP contribution in [-0.2, 0) is 25.4 Å². The van der Waals surface area contributed by atoms with Crippen LogP contribution in [0.1, 0.15) is 54.0 Å². The molecular formula is C22H35NO6. The molecule has 0 bridgehead atoms. The molecule has 0 unspecified atom stereocenters. The third-order valence-corrected chi connectivity index (χ3v) is 4.01. The Morgan fingerprint density at radius 3 is 1.79 bits per heavy atom. The van der Waals surface area contributed by atoms with Gasteiger partial charge in [0.1, 0.15) is 29.2 Å². The number of carbonyl (C=O) groups excluding carboxylic acids is 2. The summed E-state index contributed by atoms with van der Waals surface area (Å²) in [5, 5.41) is 0. The first-order valence-corrected chi connectivity index (χ1v) is 9.58. The third kappa shape index (κ3) is 7.57. The van der Waals surface area contributed by atoms with Gasteiger partial charge in [0, 0.05) is 13.5 Å². The van der Waals surface area contributed by atoms with Gasteiger partial charge in [-0.05, 0) is 66.2 Å². The molecular weight excluding hydrogens is 374 g/mol. The molecule has 0 aliphatic heterocycles. The molecule has 1 aromatic carbocycles. The van der Waals surface area contributed by atoms with Crippen molar-refractivity contribution in [2.24, 2.45) is 0 Å². The molecule has 0 spiro atoms. The van der Waals surface area contributed by atoms with Crippen LogP contribution in [-0.4, -0.2) is 54.7 Å². The number of hydrogen-bond donors (Lipinski definition) is 0. The van der Waals surface area contributed by atoms with Crippen molar-refractivity contribution < 1.29 is 28.5 Å². The van der Waals surface area contributed by atoms with Gasteiger partial charge in [0.2, 0.25) is 0 Å². The molecule has 0 radical (unpaired) electrons. The van der Waals surface area contributed by atoms with Crippen LogP contribution in [0.2, 0.25) is 0 Å². The highest BCUT2D eigenvalue weighted by Gasteiger charge is 2.46. The van der Waals surface area contributed by atoms with Gasteiger partial charge < -0.3 is 18.9 Å². The molecule has 29 heavy (non-hydrogen) atoms. The molecule has 7 nitrogen and oxygen atoms in total. The number of hydrogen-bond acceptors (Lipinski definition) is 6. The first kappa shape index (κ1) is 24.8. The molecule has 1 amide bonds. The second-order valence-electron chi connectivity index (χ2n) is 9.13. The van der Waals surface area contributed by atoms with Gasteiger partial charge in [0.15, 0.2) is 0 Å². The molecule has 7 heteroatoms. The van der Waals surface area contributed by atoms with Crippen molar-refractivity contribution in [1.82, 2.24) is 4.90 Å². The van der Waals surface area contributed by atoms with Crippen molar-refractivity contribution in [2.75, 3.05) is 21.0 Å². The number of methoxy groups -OCH3 is 2. The van der Waals surface area contributed by atoms with Crippen LogP contribution in [0, 0.1) is 0 Å². The minimum absolute atomic E-state index is 0.124. The molecule has 0 aromatic heterocycles. The van der Waals surface area contributed by atoms with Crippen LogP contribution in [0.15, 0.2) is 24.3 Å². The standard InChI is InChI=1S/C22H35NO6/c1-20(2,3)28-18(24)22(7,14-16-10-12-17(27-9)13-11-16)23(15-26-8)19(25)29-21(4,5)6/h10-13H,14-15H2,1-9H3/t22-/m0/s1. The summed E-state index contributed by atoms with van der Waals surface area (Å²) >= 11 is 0. The first-order chi connectivity index (χ1) is 13.2. The summed E-state index contributed by atoms with van der Waals surface area (Å²) in [6.07, 6.45) is -0.435. The Labute approximate surface area is 174 Å². The Kier molecular flexibility index (Phi) is 8.09. The highest BCUT2D eigenvalue weighted by Crippen LogP contribution is 2.28. The highest BCUT2D eigenvalue weighted by atomic mass is 16.6. The molecule has 0 N–H and O–H groups in total. The van der Waals surface area contributed by atoms with E-state index in [1.807, 2.05) is 12.1 Å². The number of esters is 1. The minimum Gasteiger partial charge on any atom is -0.497 e. The van der Waals surface area contributed by atoms with Crippen LogP contribution in [0.25, 0.3) is 0 Å². The second kappa shape index (κ2) is 9.48. The van der Waals surface area contributed by atoms with Gasteiger partial charge in [0.05, 0.1) is 7.11 Å². The molecule has 0 heterocycles. The Morgan fingerprint density at radius 1 is 0.862 bits per heavy atom. The van der Waals surface area contributed by atoms with Crippen molar-refractivity contribution in [3.8, 4) is 5.75 Å². The number of amides is 1. The molecule has 1 rings (SSSR count). The fourth-order valence-electron chi connectivity index (χ4n) is 2.65. The smallest absolute Gasteiger partial charge is 0.413 e. The van der Waals surface area contributed by atoms with Gasteiger partial charge in [-0.25, -0.2) is 9.59 Å². The number of ether oxygens (including phenoxy) is 4. The third-order valence-electron chi connectivity index (χ3n) is 4.01. The van der Waals surface area contributed by atoms with Crippen LogP contribution < -0.4 is 4.74 Å². The quantitative estimate of drug-likeness (QED) is 0.497. The van der Waals surface area contributed by atoms with Gasteiger partial charge in [0.25, 0.3) is 0 Å². The summed E-state index contributed by atoms with van der Waals surface area (Å²) in [6, 6.07) is 7.31. The Bertz CT molecular complexity index is 687. The van der Waals surface area contributed by atoms with Gasteiger partial charge >= 0.3 is 12.1 Å². The lowest BCUT2D eigenvalue weighted by Gasteiger charge is -2.40. The summed E-state index contributed by atoms with van der Waals surface area (Å²) < 4.78 is 21.6. The maximum atomic E-state index is 13.2. The molecule has 0 saturated carbocycles. The highest BCUT2D eigenvalue weighted by molar-refractivity contribution is 5.86. The fraction of sp³-hybridized carbons (Fsp3) is 0.636. The van der Waals surface area contributed by atoms with Gasteiger partial charge in [-0.15, -0.1) is 0 Å². The Hall–Kier alpha value is -2.28. The lowest BCUT2D eigenvalue weighted by atomic mass is 9.91. The molecule has 0 saturated heterocycles. The maximum Gasteiger partial charge on any atom is 0.413 e. The van der Waals surface area contributed by atoms with E-state index in [2.05, 4.69) is 0 Å².